The quantitative estimate of drug-likeness (QED) is 0.254. The van der Waals surface area contributed by atoms with Gasteiger partial charge in [0, 0.05) is 10.8 Å². The fourth-order valence-electron chi connectivity index (χ4n) is 5.01. The second-order valence-electron chi connectivity index (χ2n) is 9.17. The molecule has 0 atom stereocenters. The van der Waals surface area contributed by atoms with Gasteiger partial charge < -0.3 is 4.42 Å². The second kappa shape index (κ2) is 8.21. The third-order valence-electron chi connectivity index (χ3n) is 6.95. The van der Waals surface area contributed by atoms with Crippen molar-refractivity contribution in [1.29, 1.82) is 0 Å². The first kappa shape index (κ1) is 20.7. The lowest BCUT2D eigenvalue weighted by Gasteiger charge is -2.08. The predicted octanol–water partition coefficient (Wildman–Crippen LogP) is 9.88. The lowest BCUT2D eigenvalue weighted by Crippen LogP contribution is -1.83. The molecule has 2 heteroatoms. The van der Waals surface area contributed by atoms with Crippen LogP contribution in [-0.4, -0.2) is 0 Å². The van der Waals surface area contributed by atoms with E-state index in [9.17, 15) is 4.39 Å². The Balaban J connectivity index is 1.20. The van der Waals surface area contributed by atoms with Crippen LogP contribution in [0.3, 0.4) is 0 Å². The molecule has 0 bridgehead atoms. The Labute approximate surface area is 208 Å². The number of para-hydroxylation sites is 1. The highest BCUT2D eigenvalue weighted by molar-refractivity contribution is 6.06. The largest absolute Gasteiger partial charge is 0.456 e. The molecule has 0 N–H and O–H groups in total. The molecule has 7 rings (SSSR count). The Hall–Kier alpha value is -4.69. The number of hydrogen-bond donors (Lipinski definition) is 0. The molecular formula is C34H21FO. The maximum absolute atomic E-state index is 13.3. The molecule has 0 unspecified atom stereocenters. The highest BCUT2D eigenvalue weighted by atomic mass is 19.1. The Morgan fingerprint density at radius 2 is 0.861 bits per heavy atom. The van der Waals surface area contributed by atoms with E-state index in [2.05, 4.69) is 84.9 Å². The van der Waals surface area contributed by atoms with Crippen molar-refractivity contribution >= 4 is 32.7 Å². The molecule has 0 saturated heterocycles. The third kappa shape index (κ3) is 3.55. The first-order valence-electron chi connectivity index (χ1n) is 12.0. The van der Waals surface area contributed by atoms with Crippen LogP contribution in [0.4, 0.5) is 4.39 Å². The minimum atomic E-state index is -0.217. The Kier molecular flexibility index (Phi) is 4.71. The van der Waals surface area contributed by atoms with Crippen LogP contribution in [0.25, 0.3) is 66.1 Å². The topological polar surface area (TPSA) is 13.1 Å². The van der Waals surface area contributed by atoms with E-state index in [-0.39, 0.29) is 5.82 Å². The average Bonchev–Trinajstić information content (AvgIpc) is 3.31. The van der Waals surface area contributed by atoms with Crippen LogP contribution < -0.4 is 0 Å². The van der Waals surface area contributed by atoms with Crippen LogP contribution in [0.1, 0.15) is 0 Å². The average molecular weight is 465 g/mol. The van der Waals surface area contributed by atoms with Gasteiger partial charge in [-0.25, -0.2) is 4.39 Å². The highest BCUT2D eigenvalue weighted by Gasteiger charge is 2.09. The summed E-state index contributed by atoms with van der Waals surface area (Å²) in [4.78, 5) is 0. The number of benzene rings is 6. The Bertz CT molecular complexity index is 1880. The van der Waals surface area contributed by atoms with Crippen molar-refractivity contribution in [3.05, 3.63) is 133 Å². The van der Waals surface area contributed by atoms with E-state index in [4.69, 9.17) is 4.42 Å². The summed E-state index contributed by atoms with van der Waals surface area (Å²) in [5.74, 6) is -0.217. The summed E-state index contributed by atoms with van der Waals surface area (Å²) < 4.78 is 19.3. The van der Waals surface area contributed by atoms with Crippen LogP contribution in [0.2, 0.25) is 0 Å². The summed E-state index contributed by atoms with van der Waals surface area (Å²) in [7, 11) is 0. The minimum Gasteiger partial charge on any atom is -0.456 e. The lowest BCUT2D eigenvalue weighted by atomic mass is 9.96. The molecule has 0 fully saturated rings. The lowest BCUT2D eigenvalue weighted by molar-refractivity contribution is 0.628. The van der Waals surface area contributed by atoms with Gasteiger partial charge >= 0.3 is 0 Å². The molecular weight excluding hydrogens is 443 g/mol. The molecule has 0 aliphatic rings. The van der Waals surface area contributed by atoms with Crippen LogP contribution in [0.5, 0.6) is 0 Å². The van der Waals surface area contributed by atoms with E-state index in [1.165, 1.54) is 39.8 Å². The minimum absolute atomic E-state index is 0.217. The molecule has 1 aromatic heterocycles. The van der Waals surface area contributed by atoms with Crippen molar-refractivity contribution in [3.63, 3.8) is 0 Å². The van der Waals surface area contributed by atoms with Crippen LogP contribution in [0.15, 0.2) is 132 Å². The van der Waals surface area contributed by atoms with Gasteiger partial charge in [-0.05, 0) is 86.6 Å². The zero-order valence-electron chi connectivity index (χ0n) is 19.4. The summed E-state index contributed by atoms with van der Waals surface area (Å²) in [6, 6.07) is 42.9. The number of furan rings is 1. The van der Waals surface area contributed by atoms with Crippen LogP contribution in [-0.2, 0) is 0 Å². The van der Waals surface area contributed by atoms with Crippen molar-refractivity contribution in [1.82, 2.24) is 0 Å². The second-order valence-corrected chi connectivity index (χ2v) is 9.17. The number of halogens is 1. The fraction of sp³-hybridized carbons (Fsp3) is 0. The summed E-state index contributed by atoms with van der Waals surface area (Å²) in [6.45, 7) is 0. The van der Waals surface area contributed by atoms with Gasteiger partial charge in [0.2, 0.25) is 0 Å². The molecule has 0 aliphatic carbocycles. The first-order chi connectivity index (χ1) is 17.7. The van der Waals surface area contributed by atoms with Gasteiger partial charge in [0.1, 0.15) is 17.0 Å². The van der Waals surface area contributed by atoms with Crippen molar-refractivity contribution in [2.45, 2.75) is 0 Å². The smallest absolute Gasteiger partial charge is 0.135 e. The summed E-state index contributed by atoms with van der Waals surface area (Å²) >= 11 is 0. The summed E-state index contributed by atoms with van der Waals surface area (Å²) in [5, 5.41) is 4.63. The first-order valence-corrected chi connectivity index (χ1v) is 12.0. The highest BCUT2D eigenvalue weighted by Crippen LogP contribution is 2.34. The molecule has 0 radical (unpaired) electrons. The zero-order chi connectivity index (χ0) is 24.1. The normalized spacial score (nSPS) is 11.5. The number of fused-ring (bicyclic) bond motifs is 4. The van der Waals surface area contributed by atoms with Crippen molar-refractivity contribution in [3.8, 4) is 33.4 Å². The van der Waals surface area contributed by atoms with Gasteiger partial charge in [0.05, 0.1) is 0 Å². The molecule has 1 heterocycles. The van der Waals surface area contributed by atoms with E-state index >= 15 is 0 Å². The maximum Gasteiger partial charge on any atom is 0.135 e. The van der Waals surface area contributed by atoms with Gasteiger partial charge in [0.25, 0.3) is 0 Å². The molecule has 1 nitrogen and oxygen atoms in total. The summed E-state index contributed by atoms with van der Waals surface area (Å²) in [5.41, 5.74) is 8.64. The molecule has 6 aromatic carbocycles. The van der Waals surface area contributed by atoms with Gasteiger partial charge in [-0.1, -0.05) is 84.9 Å². The standard InChI is InChI=1S/C34H21FO/c35-30-16-13-24(14-17-30)26-10-12-27-19-25(9-11-28(27)20-26)22-5-7-23(8-6-22)29-15-18-34-32(21-29)31-3-1-2-4-33(31)36-34/h1-21H. The van der Waals surface area contributed by atoms with Gasteiger partial charge in [-0.15, -0.1) is 0 Å². The van der Waals surface area contributed by atoms with Crippen molar-refractivity contribution < 1.29 is 8.81 Å². The third-order valence-corrected chi connectivity index (χ3v) is 6.95. The molecule has 0 spiro atoms. The number of rotatable bonds is 3. The molecule has 36 heavy (non-hydrogen) atoms. The van der Waals surface area contributed by atoms with E-state index in [1.54, 1.807) is 0 Å². The van der Waals surface area contributed by atoms with Gasteiger partial charge in [-0.3, -0.25) is 0 Å². The molecule has 0 saturated carbocycles. The van der Waals surface area contributed by atoms with Crippen molar-refractivity contribution in [2.75, 3.05) is 0 Å². The van der Waals surface area contributed by atoms with Crippen LogP contribution in [0, 0.1) is 5.82 Å². The molecule has 0 aliphatic heterocycles. The molecule has 0 amide bonds. The monoisotopic (exact) mass is 464 g/mol. The Morgan fingerprint density at radius 1 is 0.389 bits per heavy atom. The van der Waals surface area contributed by atoms with E-state index in [0.717, 1.165) is 38.5 Å². The zero-order valence-corrected chi connectivity index (χ0v) is 19.4. The van der Waals surface area contributed by atoms with Gasteiger partial charge in [-0.2, -0.15) is 0 Å². The molecule has 170 valence electrons. The number of hydrogen-bond acceptors (Lipinski definition) is 1. The van der Waals surface area contributed by atoms with Gasteiger partial charge in [0.15, 0.2) is 0 Å². The van der Waals surface area contributed by atoms with Crippen LogP contribution >= 0.6 is 0 Å². The summed E-state index contributed by atoms with van der Waals surface area (Å²) in [6.07, 6.45) is 0. The SMILES string of the molecule is Fc1ccc(-c2ccc3cc(-c4ccc(-c5ccc6oc7ccccc7c6c5)cc4)ccc3c2)cc1. The maximum atomic E-state index is 13.3. The van der Waals surface area contributed by atoms with E-state index in [1.807, 2.05) is 30.3 Å². The van der Waals surface area contributed by atoms with Crippen molar-refractivity contribution in [2.24, 2.45) is 0 Å². The molecule has 7 aromatic rings. The van der Waals surface area contributed by atoms with E-state index in [0.29, 0.717) is 0 Å². The fourth-order valence-corrected chi connectivity index (χ4v) is 5.01. The van der Waals surface area contributed by atoms with E-state index < -0.39 is 0 Å². The predicted molar refractivity (Wildman–Crippen MR) is 147 cm³/mol. The Morgan fingerprint density at radius 3 is 1.50 bits per heavy atom.